The Kier molecular flexibility index (Phi) is 3.14. The number of carbonyl (C=O) groups is 1. The van der Waals surface area contributed by atoms with Crippen molar-refractivity contribution in [2.45, 2.75) is 32.6 Å². The summed E-state index contributed by atoms with van der Waals surface area (Å²) in [4.78, 5) is 11.0. The number of carbonyl (C=O) groups excluding carboxylic acids is 1. The van der Waals surface area contributed by atoms with Crippen LogP contribution in [0.2, 0.25) is 0 Å². The highest BCUT2D eigenvalue weighted by Gasteiger charge is 2.14. The molecule has 1 fully saturated rings. The highest BCUT2D eigenvalue weighted by Crippen LogP contribution is 2.14. The molecule has 0 aromatic carbocycles. The fourth-order valence-electron chi connectivity index (χ4n) is 1.13. The Balaban J connectivity index is 2.47. The number of cyclic esters (lactones) is 1. The van der Waals surface area contributed by atoms with Crippen molar-refractivity contribution in [3.8, 4) is 0 Å². The van der Waals surface area contributed by atoms with E-state index in [9.17, 15) is 4.79 Å². The first-order valence-electron chi connectivity index (χ1n) is 4.20. The maximum atomic E-state index is 11.0. The molecule has 0 unspecified atom stereocenters. The van der Waals surface area contributed by atoms with Gasteiger partial charge < -0.3 is 4.74 Å². The second kappa shape index (κ2) is 4.16. The van der Waals surface area contributed by atoms with Crippen molar-refractivity contribution >= 4 is 5.97 Å². The molecule has 0 aromatic rings. The molecular weight excluding hydrogens is 140 g/mol. The van der Waals surface area contributed by atoms with E-state index in [1.807, 2.05) is 6.08 Å². The van der Waals surface area contributed by atoms with Gasteiger partial charge in [0.25, 0.3) is 0 Å². The lowest BCUT2D eigenvalue weighted by Gasteiger charge is -2.13. The molecule has 1 saturated heterocycles. The largest absolute Gasteiger partial charge is 0.462 e. The number of rotatable bonds is 2. The van der Waals surface area contributed by atoms with Gasteiger partial charge in [-0.1, -0.05) is 19.4 Å². The first kappa shape index (κ1) is 8.31. The van der Waals surface area contributed by atoms with E-state index >= 15 is 0 Å². The molecule has 0 saturated carbocycles. The van der Waals surface area contributed by atoms with Gasteiger partial charge >= 0.3 is 5.97 Å². The Morgan fingerprint density at radius 1 is 1.64 bits per heavy atom. The number of unbranched alkanes of at least 4 members (excludes halogenated alkanes) is 1. The quantitative estimate of drug-likeness (QED) is 0.449. The number of ether oxygens (including phenoxy) is 1. The van der Waals surface area contributed by atoms with Crippen LogP contribution in [0.3, 0.4) is 0 Å². The molecule has 2 nitrogen and oxygen atoms in total. The molecule has 1 heterocycles. The summed E-state index contributed by atoms with van der Waals surface area (Å²) in [5.74, 6) is -0.107. The van der Waals surface area contributed by atoms with Crippen LogP contribution < -0.4 is 0 Å². The second-order valence-corrected chi connectivity index (χ2v) is 2.76. The summed E-state index contributed by atoms with van der Waals surface area (Å²) in [5, 5.41) is 0. The first-order chi connectivity index (χ1) is 5.34. The second-order valence-electron chi connectivity index (χ2n) is 2.76. The molecule has 0 spiro atoms. The van der Waals surface area contributed by atoms with Crippen molar-refractivity contribution < 1.29 is 9.53 Å². The summed E-state index contributed by atoms with van der Waals surface area (Å²) in [7, 11) is 0. The van der Waals surface area contributed by atoms with Crippen LogP contribution in [0.15, 0.2) is 11.6 Å². The van der Waals surface area contributed by atoms with E-state index in [1.54, 1.807) is 0 Å². The number of allylic oxidation sites excluding steroid dienone is 1. The predicted octanol–water partition coefficient (Wildman–Crippen LogP) is 2.05. The van der Waals surface area contributed by atoms with Crippen LogP contribution in [0.4, 0.5) is 0 Å². The Bertz CT molecular complexity index is 170. The zero-order valence-corrected chi connectivity index (χ0v) is 6.93. The van der Waals surface area contributed by atoms with E-state index in [0.717, 1.165) is 31.3 Å². The highest BCUT2D eigenvalue weighted by molar-refractivity contribution is 5.88. The normalized spacial score (nSPS) is 21.9. The number of hydrogen-bond donors (Lipinski definition) is 0. The van der Waals surface area contributed by atoms with Crippen LogP contribution >= 0.6 is 0 Å². The van der Waals surface area contributed by atoms with Crippen LogP contribution in [0, 0.1) is 0 Å². The minimum absolute atomic E-state index is 0.107. The van der Waals surface area contributed by atoms with Gasteiger partial charge in [0.1, 0.15) is 0 Å². The lowest BCUT2D eigenvalue weighted by molar-refractivity contribution is -0.141. The standard InChI is InChI=1S/C9H14O2/c1-2-3-5-8-6-4-7-11-9(8)10/h5H,2-4,6-7H2,1H3/b8-5+. The molecule has 0 radical (unpaired) electrons. The van der Waals surface area contributed by atoms with Gasteiger partial charge in [0.15, 0.2) is 0 Å². The lowest BCUT2D eigenvalue weighted by Crippen LogP contribution is -2.15. The molecule has 0 atom stereocenters. The van der Waals surface area contributed by atoms with Crippen LogP contribution in [-0.4, -0.2) is 12.6 Å². The van der Waals surface area contributed by atoms with E-state index < -0.39 is 0 Å². The highest BCUT2D eigenvalue weighted by atomic mass is 16.5. The average Bonchev–Trinajstić information content (AvgIpc) is 2.03. The Morgan fingerprint density at radius 2 is 2.45 bits per heavy atom. The molecule has 1 aliphatic rings. The van der Waals surface area contributed by atoms with Crippen molar-refractivity contribution in [3.63, 3.8) is 0 Å². The molecule has 1 aliphatic heterocycles. The van der Waals surface area contributed by atoms with Crippen molar-refractivity contribution in [1.29, 1.82) is 0 Å². The third-order valence-electron chi connectivity index (χ3n) is 1.77. The van der Waals surface area contributed by atoms with E-state index in [1.165, 1.54) is 0 Å². The molecule has 0 amide bonds. The van der Waals surface area contributed by atoms with E-state index in [0.29, 0.717) is 6.61 Å². The van der Waals surface area contributed by atoms with Gasteiger partial charge in [0.2, 0.25) is 0 Å². The predicted molar refractivity (Wildman–Crippen MR) is 43.2 cm³/mol. The van der Waals surface area contributed by atoms with E-state index in [-0.39, 0.29) is 5.97 Å². The summed E-state index contributed by atoms with van der Waals surface area (Å²) in [5.41, 5.74) is 0.873. The maximum Gasteiger partial charge on any atom is 0.333 e. The Labute approximate surface area is 67.2 Å². The van der Waals surface area contributed by atoms with Crippen molar-refractivity contribution in [2.24, 2.45) is 0 Å². The topological polar surface area (TPSA) is 26.3 Å². The first-order valence-corrected chi connectivity index (χ1v) is 4.20. The van der Waals surface area contributed by atoms with Crippen molar-refractivity contribution in [2.75, 3.05) is 6.61 Å². The molecular formula is C9H14O2. The molecule has 11 heavy (non-hydrogen) atoms. The summed E-state index contributed by atoms with van der Waals surface area (Å²) in [6, 6.07) is 0. The maximum absolute atomic E-state index is 11.0. The van der Waals surface area contributed by atoms with Crippen LogP contribution in [0.1, 0.15) is 32.6 Å². The summed E-state index contributed by atoms with van der Waals surface area (Å²) in [6.45, 7) is 2.70. The molecule has 0 aromatic heterocycles. The Morgan fingerprint density at radius 3 is 3.09 bits per heavy atom. The molecule has 62 valence electrons. The van der Waals surface area contributed by atoms with Gasteiger partial charge in [-0.15, -0.1) is 0 Å². The van der Waals surface area contributed by atoms with Crippen molar-refractivity contribution in [1.82, 2.24) is 0 Å². The number of hydrogen-bond acceptors (Lipinski definition) is 2. The van der Waals surface area contributed by atoms with Crippen molar-refractivity contribution in [3.05, 3.63) is 11.6 Å². The monoisotopic (exact) mass is 154 g/mol. The van der Waals surface area contributed by atoms with Gasteiger partial charge in [0.05, 0.1) is 6.61 Å². The van der Waals surface area contributed by atoms with Crippen LogP contribution in [-0.2, 0) is 9.53 Å². The van der Waals surface area contributed by atoms with E-state index in [4.69, 9.17) is 4.74 Å². The van der Waals surface area contributed by atoms with Crippen LogP contribution in [0.25, 0.3) is 0 Å². The average molecular weight is 154 g/mol. The number of esters is 1. The lowest BCUT2D eigenvalue weighted by atomic mass is 10.1. The smallest absolute Gasteiger partial charge is 0.333 e. The van der Waals surface area contributed by atoms with Gasteiger partial charge in [-0.25, -0.2) is 4.79 Å². The SMILES string of the molecule is CCC/C=C1\CCCOC1=O. The summed E-state index contributed by atoms with van der Waals surface area (Å²) in [6.07, 6.45) is 5.98. The fourth-order valence-corrected chi connectivity index (χ4v) is 1.13. The molecule has 0 N–H and O–H groups in total. The molecule has 2 heteroatoms. The van der Waals surface area contributed by atoms with Gasteiger partial charge in [-0.3, -0.25) is 0 Å². The van der Waals surface area contributed by atoms with Gasteiger partial charge in [0, 0.05) is 5.57 Å². The fraction of sp³-hybridized carbons (Fsp3) is 0.667. The summed E-state index contributed by atoms with van der Waals surface area (Å²) < 4.78 is 4.88. The van der Waals surface area contributed by atoms with Gasteiger partial charge in [-0.2, -0.15) is 0 Å². The minimum atomic E-state index is -0.107. The molecule has 0 bridgehead atoms. The molecule has 1 rings (SSSR count). The minimum Gasteiger partial charge on any atom is -0.462 e. The zero-order valence-electron chi connectivity index (χ0n) is 6.93. The summed E-state index contributed by atoms with van der Waals surface area (Å²) >= 11 is 0. The molecule has 0 aliphatic carbocycles. The van der Waals surface area contributed by atoms with E-state index in [2.05, 4.69) is 6.92 Å². The third kappa shape index (κ3) is 2.37. The van der Waals surface area contributed by atoms with Crippen LogP contribution in [0.5, 0.6) is 0 Å². The van der Waals surface area contributed by atoms with Gasteiger partial charge in [-0.05, 0) is 19.3 Å². The third-order valence-corrected chi connectivity index (χ3v) is 1.77. The Hall–Kier alpha value is -0.790. The zero-order chi connectivity index (χ0) is 8.10.